The Morgan fingerprint density at radius 3 is 2.39 bits per heavy atom. The first kappa shape index (κ1) is 19.7. The zero-order chi connectivity index (χ0) is 20.4. The number of rotatable bonds is 5. The molecule has 3 aromatic rings. The summed E-state index contributed by atoms with van der Waals surface area (Å²) < 4.78 is 15.5. The van der Waals surface area contributed by atoms with Crippen LogP contribution in [0.25, 0.3) is 5.95 Å². The van der Waals surface area contributed by atoms with Gasteiger partial charge >= 0.3 is 0 Å². The number of aryl methyl sites for hydroxylation is 3. The number of carbonyl (C=O) groups excluding carboxylic acids is 1. The van der Waals surface area contributed by atoms with Gasteiger partial charge in [0.15, 0.2) is 0 Å². The van der Waals surface area contributed by atoms with Crippen molar-refractivity contribution in [3.63, 3.8) is 0 Å². The van der Waals surface area contributed by atoms with Crippen LogP contribution in [0.15, 0.2) is 30.3 Å². The van der Waals surface area contributed by atoms with E-state index in [2.05, 4.69) is 15.1 Å². The molecular weight excluding hydrogens is 357 g/mol. The van der Waals surface area contributed by atoms with Gasteiger partial charge in [-0.3, -0.25) is 4.79 Å². The zero-order valence-electron chi connectivity index (χ0n) is 16.8. The van der Waals surface area contributed by atoms with Gasteiger partial charge < -0.3 is 4.90 Å². The van der Waals surface area contributed by atoms with Crippen LogP contribution >= 0.6 is 0 Å². The van der Waals surface area contributed by atoms with Crippen LogP contribution in [0.4, 0.5) is 4.39 Å². The minimum absolute atomic E-state index is 0.102. The minimum Gasteiger partial charge on any atom is -0.341 e. The molecule has 0 unspecified atom stereocenters. The number of hydrogen-bond acceptors (Lipinski definition) is 4. The third-order valence-electron chi connectivity index (χ3n) is 4.72. The van der Waals surface area contributed by atoms with Crippen molar-refractivity contribution >= 4 is 5.91 Å². The molecule has 3 rings (SSSR count). The number of hydrogen-bond donors (Lipinski definition) is 0. The molecule has 1 aromatic carbocycles. The lowest BCUT2D eigenvalue weighted by Crippen LogP contribution is -2.28. The lowest BCUT2D eigenvalue weighted by Gasteiger charge is -2.18. The fraction of sp³-hybridized carbons (Fsp3) is 0.333. The summed E-state index contributed by atoms with van der Waals surface area (Å²) in [5.41, 5.74) is 4.64. The Hall–Kier alpha value is -3.09. The number of carbonyl (C=O) groups is 1. The number of benzene rings is 1. The van der Waals surface area contributed by atoms with Crippen molar-refractivity contribution in [2.45, 2.75) is 40.7 Å². The molecule has 0 aliphatic heterocycles. The zero-order valence-corrected chi connectivity index (χ0v) is 16.8. The van der Waals surface area contributed by atoms with Crippen LogP contribution in [0, 0.1) is 33.5 Å². The molecule has 0 radical (unpaired) electrons. The molecule has 28 heavy (non-hydrogen) atoms. The van der Waals surface area contributed by atoms with E-state index in [1.165, 1.54) is 11.0 Å². The quantitative estimate of drug-likeness (QED) is 0.681. The summed E-state index contributed by atoms with van der Waals surface area (Å²) in [5, 5.41) is 4.53. The van der Waals surface area contributed by atoms with E-state index in [0.29, 0.717) is 11.5 Å². The minimum atomic E-state index is -0.311. The Balaban J connectivity index is 1.81. The van der Waals surface area contributed by atoms with E-state index in [9.17, 15) is 9.18 Å². The van der Waals surface area contributed by atoms with Gasteiger partial charge in [-0.1, -0.05) is 18.2 Å². The second-order valence-electron chi connectivity index (χ2n) is 7.03. The molecule has 0 fully saturated rings. The molecular formula is C21H24FN5O. The van der Waals surface area contributed by atoms with Crippen LogP contribution in [0.5, 0.6) is 0 Å². The molecule has 7 heteroatoms. The second kappa shape index (κ2) is 7.88. The Kier molecular flexibility index (Phi) is 5.53. The number of amides is 1. The lowest BCUT2D eigenvalue weighted by atomic mass is 10.1. The van der Waals surface area contributed by atoms with E-state index < -0.39 is 0 Å². The molecule has 0 N–H and O–H groups in total. The summed E-state index contributed by atoms with van der Waals surface area (Å²) in [5.74, 6) is 0.0844. The summed E-state index contributed by atoms with van der Waals surface area (Å²) in [6.07, 6.45) is 0.188. The summed E-state index contributed by atoms with van der Waals surface area (Å²) >= 11 is 0. The van der Waals surface area contributed by atoms with Gasteiger partial charge in [0.1, 0.15) is 5.82 Å². The monoisotopic (exact) mass is 381 g/mol. The van der Waals surface area contributed by atoms with E-state index in [-0.39, 0.29) is 24.7 Å². The smallest absolute Gasteiger partial charge is 0.251 e. The predicted octanol–water partition coefficient (Wildman–Crippen LogP) is 3.24. The van der Waals surface area contributed by atoms with Crippen LogP contribution in [0.1, 0.15) is 33.9 Å². The van der Waals surface area contributed by atoms with E-state index in [1.54, 1.807) is 29.9 Å². The Bertz CT molecular complexity index is 1010. The molecule has 2 heterocycles. The number of halogens is 1. The van der Waals surface area contributed by atoms with E-state index >= 15 is 0 Å². The third-order valence-corrected chi connectivity index (χ3v) is 4.72. The highest BCUT2D eigenvalue weighted by Gasteiger charge is 2.20. The Labute approximate surface area is 164 Å². The predicted molar refractivity (Wildman–Crippen MR) is 105 cm³/mol. The maximum absolute atomic E-state index is 13.9. The second-order valence-corrected chi connectivity index (χ2v) is 7.03. The van der Waals surface area contributed by atoms with Crippen LogP contribution < -0.4 is 0 Å². The van der Waals surface area contributed by atoms with Crippen LogP contribution in [-0.2, 0) is 17.8 Å². The molecule has 0 saturated heterocycles. The molecule has 146 valence electrons. The molecule has 0 bridgehead atoms. The summed E-state index contributed by atoms with van der Waals surface area (Å²) in [7, 11) is 1.68. The summed E-state index contributed by atoms with van der Waals surface area (Å²) in [4.78, 5) is 23.2. The summed E-state index contributed by atoms with van der Waals surface area (Å²) in [6, 6.07) is 8.38. The van der Waals surface area contributed by atoms with E-state index in [4.69, 9.17) is 0 Å². The fourth-order valence-corrected chi connectivity index (χ4v) is 3.18. The first-order chi connectivity index (χ1) is 13.3. The molecule has 0 aliphatic rings. The highest BCUT2D eigenvalue weighted by Crippen LogP contribution is 2.18. The van der Waals surface area contributed by atoms with Gasteiger partial charge in [0.05, 0.1) is 12.1 Å². The van der Waals surface area contributed by atoms with Crippen LogP contribution in [-0.4, -0.2) is 37.6 Å². The maximum atomic E-state index is 13.9. The SMILES string of the molecule is Cc1cc(C)nc(-n2nc(C)c(CC(=O)N(C)Cc3ccccc3F)c2C)n1. The van der Waals surface area contributed by atoms with E-state index in [1.807, 2.05) is 33.8 Å². The van der Waals surface area contributed by atoms with Crippen LogP contribution in [0.2, 0.25) is 0 Å². The maximum Gasteiger partial charge on any atom is 0.251 e. The van der Waals surface area contributed by atoms with Crippen molar-refractivity contribution in [2.75, 3.05) is 7.05 Å². The molecule has 0 saturated carbocycles. The number of nitrogens with zero attached hydrogens (tertiary/aromatic N) is 5. The van der Waals surface area contributed by atoms with Gasteiger partial charge in [-0.2, -0.15) is 5.10 Å². The lowest BCUT2D eigenvalue weighted by molar-refractivity contribution is -0.129. The number of aromatic nitrogens is 4. The first-order valence-electron chi connectivity index (χ1n) is 9.11. The normalized spacial score (nSPS) is 10.9. The Morgan fingerprint density at radius 2 is 1.75 bits per heavy atom. The van der Waals surface area contributed by atoms with Crippen molar-refractivity contribution in [1.29, 1.82) is 0 Å². The molecule has 0 aliphatic carbocycles. The van der Waals surface area contributed by atoms with Gasteiger partial charge in [0.25, 0.3) is 5.95 Å². The van der Waals surface area contributed by atoms with Crippen molar-refractivity contribution in [2.24, 2.45) is 0 Å². The summed E-state index contributed by atoms with van der Waals surface area (Å²) in [6.45, 7) is 7.81. The first-order valence-corrected chi connectivity index (χ1v) is 9.11. The highest BCUT2D eigenvalue weighted by molar-refractivity contribution is 5.79. The van der Waals surface area contributed by atoms with Crippen LogP contribution in [0.3, 0.4) is 0 Å². The van der Waals surface area contributed by atoms with Gasteiger partial charge in [-0.25, -0.2) is 19.0 Å². The Morgan fingerprint density at radius 1 is 1.11 bits per heavy atom. The average Bonchev–Trinajstić information content (AvgIpc) is 2.91. The van der Waals surface area contributed by atoms with Crippen molar-refractivity contribution in [1.82, 2.24) is 24.6 Å². The third kappa shape index (κ3) is 4.08. The molecule has 2 aromatic heterocycles. The topological polar surface area (TPSA) is 63.9 Å². The molecule has 0 spiro atoms. The van der Waals surface area contributed by atoms with Crippen molar-refractivity contribution in [3.05, 3.63) is 70.1 Å². The molecule has 6 nitrogen and oxygen atoms in total. The van der Waals surface area contributed by atoms with Gasteiger partial charge in [-0.05, 0) is 39.8 Å². The van der Waals surface area contributed by atoms with Gasteiger partial charge in [-0.15, -0.1) is 0 Å². The average molecular weight is 381 g/mol. The standard InChI is InChI=1S/C21H24FN5O/c1-13-10-14(2)24-21(23-13)27-16(4)18(15(3)25-27)11-20(28)26(5)12-17-8-6-7-9-19(17)22/h6-10H,11-12H2,1-5H3. The molecule has 1 amide bonds. The number of likely N-dealkylation sites (N-methyl/N-ethyl adjacent to an activating group) is 1. The van der Waals surface area contributed by atoms with Gasteiger partial charge in [0, 0.05) is 41.8 Å². The largest absolute Gasteiger partial charge is 0.341 e. The highest BCUT2D eigenvalue weighted by atomic mass is 19.1. The van der Waals surface area contributed by atoms with Crippen molar-refractivity contribution < 1.29 is 9.18 Å². The van der Waals surface area contributed by atoms with Gasteiger partial charge in [0.2, 0.25) is 5.91 Å². The van der Waals surface area contributed by atoms with Crippen molar-refractivity contribution in [3.8, 4) is 5.95 Å². The van der Waals surface area contributed by atoms with E-state index in [0.717, 1.165) is 28.3 Å². The molecule has 0 atom stereocenters. The fourth-order valence-electron chi connectivity index (χ4n) is 3.18.